The number of thioether (sulfide) groups is 1. The Labute approximate surface area is 89.0 Å². The van der Waals surface area contributed by atoms with Gasteiger partial charge in [-0.25, -0.2) is 9.37 Å². The monoisotopic (exact) mass is 319 g/mol. The molecule has 0 aliphatic carbocycles. The van der Waals surface area contributed by atoms with Crippen molar-refractivity contribution in [2.24, 2.45) is 0 Å². The van der Waals surface area contributed by atoms with Gasteiger partial charge in [0.15, 0.2) is 4.34 Å². The van der Waals surface area contributed by atoms with E-state index in [1.54, 1.807) is 0 Å². The van der Waals surface area contributed by atoms with Gasteiger partial charge in [0, 0.05) is 11.1 Å². The fourth-order valence-corrected chi connectivity index (χ4v) is 3.63. The molecule has 0 saturated carbocycles. The van der Waals surface area contributed by atoms with Crippen molar-refractivity contribution in [2.45, 2.75) is 14.1 Å². The number of rotatable bonds is 2. The molecule has 1 aromatic rings. The Morgan fingerprint density at radius 2 is 2.36 bits per heavy atom. The zero-order valence-corrected chi connectivity index (χ0v) is 10.3. The quantitative estimate of drug-likeness (QED) is 0.605. The van der Waals surface area contributed by atoms with Crippen molar-refractivity contribution in [2.75, 3.05) is 0 Å². The number of hydrogen-bond donors (Lipinski definition) is 0. The number of halogens is 3. The van der Waals surface area contributed by atoms with Gasteiger partial charge < -0.3 is 0 Å². The Balaban J connectivity index is 2.65. The minimum atomic E-state index is -1.59. The van der Waals surface area contributed by atoms with E-state index in [-0.39, 0.29) is 0 Å². The molecule has 0 aliphatic rings. The van der Waals surface area contributed by atoms with Crippen LogP contribution in [0, 0.1) is 6.92 Å². The van der Waals surface area contributed by atoms with Crippen molar-refractivity contribution in [3.63, 3.8) is 0 Å². The summed E-state index contributed by atoms with van der Waals surface area (Å²) >= 11 is 8.03. The smallest absolute Gasteiger partial charge is 0.235 e. The lowest BCUT2D eigenvalue weighted by molar-refractivity contribution is 0.549. The highest BCUT2D eigenvalue weighted by Gasteiger charge is 2.23. The molecule has 6 heteroatoms. The Morgan fingerprint density at radius 3 is 2.73 bits per heavy atom. The summed E-state index contributed by atoms with van der Waals surface area (Å²) in [6.45, 7) is 1.88. The highest BCUT2D eigenvalue weighted by molar-refractivity contribution is 9.28. The van der Waals surface area contributed by atoms with E-state index in [4.69, 9.17) is 0 Å². The lowest BCUT2D eigenvalue weighted by Gasteiger charge is -2.04. The summed E-state index contributed by atoms with van der Waals surface area (Å²) in [6.07, 6.45) is 0. The second-order valence-electron chi connectivity index (χ2n) is 1.80. The summed E-state index contributed by atoms with van der Waals surface area (Å²) in [4.78, 5) is 4.08. The van der Waals surface area contributed by atoms with Crippen LogP contribution in [0.3, 0.4) is 0 Å². The van der Waals surface area contributed by atoms with Gasteiger partial charge in [-0.05, 0) is 50.5 Å². The molecule has 0 saturated heterocycles. The van der Waals surface area contributed by atoms with Crippen LogP contribution in [0.2, 0.25) is 0 Å². The number of nitrogens with zero attached hydrogens (tertiary/aromatic N) is 1. The largest absolute Gasteiger partial charge is 0.271 e. The fourth-order valence-electron chi connectivity index (χ4n) is 0.478. The first-order valence-electron chi connectivity index (χ1n) is 2.65. The molecule has 0 amide bonds. The van der Waals surface area contributed by atoms with Crippen molar-refractivity contribution in [3.05, 3.63) is 11.1 Å². The number of aromatic nitrogens is 1. The first-order chi connectivity index (χ1) is 4.97. The zero-order chi connectivity index (χ0) is 8.48. The third-order valence-electron chi connectivity index (χ3n) is 0.801. The normalized spacial score (nSPS) is 12.0. The summed E-state index contributed by atoms with van der Waals surface area (Å²) in [5, 5.41) is 1.88. The predicted molar refractivity (Wildman–Crippen MR) is 54.4 cm³/mol. The molecule has 62 valence electrons. The van der Waals surface area contributed by atoms with Gasteiger partial charge in [0.25, 0.3) is 2.82 Å². The summed E-state index contributed by atoms with van der Waals surface area (Å²) in [7, 11) is 0. The molecule has 0 unspecified atom stereocenters. The lowest BCUT2D eigenvalue weighted by Crippen LogP contribution is -1.92. The van der Waals surface area contributed by atoms with Crippen LogP contribution in [0.5, 0.6) is 0 Å². The van der Waals surface area contributed by atoms with Gasteiger partial charge in [-0.2, -0.15) is 0 Å². The molecular formula is C5H4Br2FNS2. The zero-order valence-electron chi connectivity index (χ0n) is 5.47. The number of hydrogen-bond acceptors (Lipinski definition) is 3. The van der Waals surface area contributed by atoms with Crippen molar-refractivity contribution >= 4 is 55.0 Å². The maximum atomic E-state index is 12.8. The van der Waals surface area contributed by atoms with Gasteiger partial charge in [-0.1, -0.05) is 0 Å². The van der Waals surface area contributed by atoms with Crippen LogP contribution in [0.1, 0.15) is 5.69 Å². The molecule has 0 spiro atoms. The van der Waals surface area contributed by atoms with E-state index in [0.29, 0.717) is 4.34 Å². The van der Waals surface area contributed by atoms with Crippen LogP contribution in [0.4, 0.5) is 4.39 Å². The maximum absolute atomic E-state index is 12.8. The molecule has 1 rings (SSSR count). The average Bonchev–Trinajstić information content (AvgIpc) is 2.10. The van der Waals surface area contributed by atoms with Crippen molar-refractivity contribution in [3.8, 4) is 0 Å². The first-order valence-corrected chi connectivity index (χ1v) is 5.93. The molecule has 11 heavy (non-hydrogen) atoms. The molecule has 0 aromatic carbocycles. The first kappa shape index (κ1) is 9.95. The second kappa shape index (κ2) is 3.72. The van der Waals surface area contributed by atoms with Gasteiger partial charge in [-0.15, -0.1) is 11.3 Å². The Kier molecular flexibility index (Phi) is 3.37. The Morgan fingerprint density at radius 1 is 1.73 bits per heavy atom. The number of aryl methyl sites for hydroxylation is 1. The molecule has 1 nitrogen and oxygen atoms in total. The van der Waals surface area contributed by atoms with Crippen LogP contribution >= 0.6 is 55.0 Å². The van der Waals surface area contributed by atoms with Crippen LogP contribution in [-0.2, 0) is 0 Å². The van der Waals surface area contributed by atoms with Gasteiger partial charge in [0.2, 0.25) is 0 Å². The van der Waals surface area contributed by atoms with Crippen LogP contribution in [0.15, 0.2) is 9.72 Å². The van der Waals surface area contributed by atoms with E-state index in [9.17, 15) is 4.39 Å². The average molecular weight is 321 g/mol. The highest BCUT2D eigenvalue weighted by atomic mass is 79.9. The minimum Gasteiger partial charge on any atom is -0.235 e. The third kappa shape index (κ3) is 3.87. The van der Waals surface area contributed by atoms with E-state index < -0.39 is 2.82 Å². The van der Waals surface area contributed by atoms with Crippen molar-refractivity contribution in [1.82, 2.24) is 4.98 Å². The van der Waals surface area contributed by atoms with Gasteiger partial charge in [0.1, 0.15) is 0 Å². The van der Waals surface area contributed by atoms with Crippen molar-refractivity contribution in [1.29, 1.82) is 0 Å². The molecule has 0 aliphatic heterocycles. The minimum absolute atomic E-state index is 0.707. The van der Waals surface area contributed by atoms with Gasteiger partial charge in [0.05, 0.1) is 0 Å². The van der Waals surface area contributed by atoms with E-state index in [1.165, 1.54) is 11.3 Å². The Hall–Kier alpha value is 0.870. The SMILES string of the molecule is Cc1csc(SC(F)(Br)Br)n1. The summed E-state index contributed by atoms with van der Waals surface area (Å²) in [5.74, 6) is 0. The molecule has 0 fully saturated rings. The van der Waals surface area contributed by atoms with Gasteiger partial charge >= 0.3 is 0 Å². The van der Waals surface area contributed by atoms with E-state index in [1.807, 2.05) is 12.3 Å². The van der Waals surface area contributed by atoms with Crippen LogP contribution in [-0.4, -0.2) is 7.80 Å². The summed E-state index contributed by atoms with van der Waals surface area (Å²) in [6, 6.07) is 0. The number of alkyl halides is 3. The van der Waals surface area contributed by atoms with Crippen LogP contribution in [0.25, 0.3) is 0 Å². The maximum Gasteiger partial charge on any atom is 0.271 e. The molecule has 1 heterocycles. The topological polar surface area (TPSA) is 12.9 Å². The molecule has 0 atom stereocenters. The van der Waals surface area contributed by atoms with E-state index in [2.05, 4.69) is 36.8 Å². The standard InChI is InChI=1S/C5H4Br2FNS2/c1-3-2-10-4(9-3)11-5(6,7)8/h2H,1H3. The molecular weight excluding hydrogens is 317 g/mol. The van der Waals surface area contributed by atoms with E-state index in [0.717, 1.165) is 17.5 Å². The van der Waals surface area contributed by atoms with Crippen LogP contribution < -0.4 is 0 Å². The van der Waals surface area contributed by atoms with E-state index >= 15 is 0 Å². The third-order valence-corrected chi connectivity index (χ3v) is 3.56. The predicted octanol–water partition coefficient (Wildman–Crippen LogP) is 3.91. The summed E-state index contributed by atoms with van der Waals surface area (Å²) in [5.41, 5.74) is 0.918. The molecule has 1 aromatic heterocycles. The number of thiazole rings is 1. The second-order valence-corrected chi connectivity index (χ2v) is 8.37. The molecule has 0 bridgehead atoms. The highest BCUT2D eigenvalue weighted by Crippen LogP contribution is 2.45. The molecule has 0 radical (unpaired) electrons. The molecule has 0 N–H and O–H groups in total. The Bertz CT molecular complexity index is 245. The lowest BCUT2D eigenvalue weighted by atomic mass is 10.6. The summed E-state index contributed by atoms with van der Waals surface area (Å²) < 4.78 is 12.0. The van der Waals surface area contributed by atoms with Crippen molar-refractivity contribution < 1.29 is 4.39 Å². The fraction of sp³-hybridized carbons (Fsp3) is 0.400. The van der Waals surface area contributed by atoms with Gasteiger partial charge in [-0.3, -0.25) is 0 Å².